The van der Waals surface area contributed by atoms with Crippen molar-refractivity contribution < 1.29 is 12.9 Å². The largest absolute Gasteiger partial charge is 0.284 e. The number of aryl methyl sites for hydroxylation is 1. The SMILES string of the molecule is [2H]C([2H])([2H])c1ccc(=O)n(-c2ccc(F)c(F)c2)c1. The molecule has 0 amide bonds. The molecule has 1 aromatic heterocycles. The second kappa shape index (κ2) is 3.89. The summed E-state index contributed by atoms with van der Waals surface area (Å²) in [4.78, 5) is 11.7. The number of benzene rings is 1. The minimum atomic E-state index is -2.38. The molecule has 82 valence electrons. The fourth-order valence-corrected chi connectivity index (χ4v) is 1.32. The molecule has 2 aromatic rings. The first-order valence-electron chi connectivity index (χ1n) is 5.97. The van der Waals surface area contributed by atoms with Gasteiger partial charge in [-0.15, -0.1) is 0 Å². The van der Waals surface area contributed by atoms with E-state index < -0.39 is 24.0 Å². The van der Waals surface area contributed by atoms with Crippen LogP contribution in [0.25, 0.3) is 5.69 Å². The van der Waals surface area contributed by atoms with Gasteiger partial charge in [-0.3, -0.25) is 9.36 Å². The predicted molar refractivity (Wildman–Crippen MR) is 56.7 cm³/mol. The van der Waals surface area contributed by atoms with E-state index >= 15 is 0 Å². The molecule has 4 heteroatoms. The van der Waals surface area contributed by atoms with Gasteiger partial charge < -0.3 is 0 Å². The first-order chi connectivity index (χ1) is 8.79. The first kappa shape index (κ1) is 7.33. The highest BCUT2D eigenvalue weighted by molar-refractivity contribution is 5.33. The summed E-state index contributed by atoms with van der Waals surface area (Å²) >= 11 is 0. The monoisotopic (exact) mass is 224 g/mol. The summed E-state index contributed by atoms with van der Waals surface area (Å²) in [6, 6.07) is 5.16. The minimum absolute atomic E-state index is 0.0585. The maximum atomic E-state index is 13.1. The first-order valence-corrected chi connectivity index (χ1v) is 4.47. The lowest BCUT2D eigenvalue weighted by molar-refractivity contribution is 0.508. The summed E-state index contributed by atoms with van der Waals surface area (Å²) in [6.07, 6.45) is 1.10. The van der Waals surface area contributed by atoms with E-state index in [0.717, 1.165) is 29.0 Å². The molecule has 0 fully saturated rings. The lowest BCUT2D eigenvalue weighted by Gasteiger charge is -2.06. The molecule has 0 spiro atoms. The highest BCUT2D eigenvalue weighted by atomic mass is 19.2. The maximum absolute atomic E-state index is 13.1. The Bertz CT molecular complexity index is 679. The van der Waals surface area contributed by atoms with E-state index in [1.54, 1.807) is 0 Å². The molecule has 1 heterocycles. The second-order valence-electron chi connectivity index (χ2n) is 3.22. The molecule has 2 nitrogen and oxygen atoms in total. The topological polar surface area (TPSA) is 22.0 Å². The summed E-state index contributed by atoms with van der Waals surface area (Å²) in [5, 5.41) is 0. The number of nitrogens with zero attached hydrogens (tertiary/aromatic N) is 1. The van der Waals surface area contributed by atoms with Crippen LogP contribution in [0.2, 0.25) is 0 Å². The van der Waals surface area contributed by atoms with Crippen LogP contribution in [0.15, 0.2) is 41.3 Å². The van der Waals surface area contributed by atoms with Gasteiger partial charge in [-0.1, -0.05) is 6.07 Å². The molecule has 1 aromatic carbocycles. The van der Waals surface area contributed by atoms with E-state index in [-0.39, 0.29) is 11.3 Å². The molecular formula is C12H9F2NO. The van der Waals surface area contributed by atoms with Gasteiger partial charge in [0.05, 0.1) is 5.69 Å². The van der Waals surface area contributed by atoms with E-state index in [1.807, 2.05) is 0 Å². The molecule has 0 unspecified atom stereocenters. The Kier molecular flexibility index (Phi) is 1.78. The van der Waals surface area contributed by atoms with Crippen LogP contribution < -0.4 is 5.56 Å². The van der Waals surface area contributed by atoms with Crippen LogP contribution in [0.5, 0.6) is 0 Å². The van der Waals surface area contributed by atoms with Gasteiger partial charge in [0.1, 0.15) is 0 Å². The molecular weight excluding hydrogens is 212 g/mol. The van der Waals surface area contributed by atoms with Crippen LogP contribution in [0.3, 0.4) is 0 Å². The molecule has 0 aliphatic heterocycles. The number of hydrogen-bond donors (Lipinski definition) is 0. The molecule has 16 heavy (non-hydrogen) atoms. The van der Waals surface area contributed by atoms with E-state index in [9.17, 15) is 13.6 Å². The van der Waals surface area contributed by atoms with Crippen molar-refractivity contribution in [3.8, 4) is 5.69 Å². The van der Waals surface area contributed by atoms with Gasteiger partial charge >= 0.3 is 0 Å². The Balaban J connectivity index is 2.61. The lowest BCUT2D eigenvalue weighted by atomic mass is 10.2. The third-order valence-corrected chi connectivity index (χ3v) is 2.09. The number of pyridine rings is 1. The van der Waals surface area contributed by atoms with Crippen molar-refractivity contribution in [1.29, 1.82) is 0 Å². The van der Waals surface area contributed by atoms with Crippen molar-refractivity contribution >= 4 is 0 Å². The van der Waals surface area contributed by atoms with Gasteiger partial charge in [-0.2, -0.15) is 0 Å². The zero-order valence-electron chi connectivity index (χ0n) is 11.1. The van der Waals surface area contributed by atoms with E-state index in [4.69, 9.17) is 4.11 Å². The molecule has 0 aliphatic rings. The average Bonchev–Trinajstić information content (AvgIpc) is 2.32. The van der Waals surface area contributed by atoms with Crippen LogP contribution in [0.1, 0.15) is 9.68 Å². The predicted octanol–water partition coefficient (Wildman–Crippen LogP) is 2.42. The normalized spacial score (nSPS) is 14.0. The Morgan fingerprint density at radius 1 is 1.19 bits per heavy atom. The van der Waals surface area contributed by atoms with Crippen molar-refractivity contribution in [2.45, 2.75) is 6.85 Å². The van der Waals surface area contributed by atoms with Crippen LogP contribution >= 0.6 is 0 Å². The average molecular weight is 224 g/mol. The van der Waals surface area contributed by atoms with Crippen LogP contribution in [0, 0.1) is 18.5 Å². The highest BCUT2D eigenvalue weighted by Crippen LogP contribution is 2.11. The van der Waals surface area contributed by atoms with E-state index in [2.05, 4.69) is 0 Å². The summed E-state index contributed by atoms with van der Waals surface area (Å²) < 4.78 is 48.7. The van der Waals surface area contributed by atoms with Gasteiger partial charge in [0.15, 0.2) is 11.6 Å². The number of aromatic nitrogens is 1. The molecule has 0 saturated heterocycles. The van der Waals surface area contributed by atoms with Gasteiger partial charge in [0.2, 0.25) is 0 Å². The summed E-state index contributed by atoms with van der Waals surface area (Å²) in [6.45, 7) is -2.38. The van der Waals surface area contributed by atoms with E-state index in [0.29, 0.717) is 0 Å². The van der Waals surface area contributed by atoms with Crippen LogP contribution in [-0.2, 0) is 0 Å². The second-order valence-corrected chi connectivity index (χ2v) is 3.22. The van der Waals surface area contributed by atoms with Crippen molar-refractivity contribution in [3.63, 3.8) is 0 Å². The summed E-state index contributed by atoms with van der Waals surface area (Å²) in [5.74, 6) is -2.15. The quantitative estimate of drug-likeness (QED) is 0.729. The van der Waals surface area contributed by atoms with Gasteiger partial charge in [0, 0.05) is 22.4 Å². The Morgan fingerprint density at radius 2 is 2.00 bits per heavy atom. The Labute approximate surface area is 95.0 Å². The Morgan fingerprint density at radius 3 is 2.69 bits per heavy atom. The van der Waals surface area contributed by atoms with Gasteiger partial charge in [0.25, 0.3) is 5.56 Å². The molecule has 0 radical (unpaired) electrons. The summed E-state index contributed by atoms with van der Waals surface area (Å²) in [5.41, 5.74) is -0.522. The standard InChI is InChI=1S/C12H9F2NO/c1-8-2-5-12(16)15(7-8)9-3-4-10(13)11(14)6-9/h2-7H,1H3/i1D3. The van der Waals surface area contributed by atoms with Crippen LogP contribution in [-0.4, -0.2) is 4.57 Å². The third kappa shape index (κ3) is 1.86. The van der Waals surface area contributed by atoms with Crippen LogP contribution in [0.4, 0.5) is 8.78 Å². The number of hydrogen-bond acceptors (Lipinski definition) is 1. The number of rotatable bonds is 1. The van der Waals surface area contributed by atoms with Crippen molar-refractivity contribution in [1.82, 2.24) is 4.57 Å². The smallest absolute Gasteiger partial charge is 0.255 e. The molecule has 0 N–H and O–H groups in total. The highest BCUT2D eigenvalue weighted by Gasteiger charge is 2.05. The summed E-state index contributed by atoms with van der Waals surface area (Å²) in [7, 11) is 0. The molecule has 2 rings (SSSR count). The Hall–Kier alpha value is -1.97. The zero-order valence-corrected chi connectivity index (χ0v) is 8.08. The lowest BCUT2D eigenvalue weighted by Crippen LogP contribution is -2.16. The maximum Gasteiger partial charge on any atom is 0.255 e. The third-order valence-electron chi connectivity index (χ3n) is 2.09. The van der Waals surface area contributed by atoms with Crippen molar-refractivity contribution in [2.75, 3.05) is 0 Å². The van der Waals surface area contributed by atoms with E-state index in [1.165, 1.54) is 12.1 Å². The van der Waals surface area contributed by atoms with Crippen molar-refractivity contribution in [2.24, 2.45) is 0 Å². The van der Waals surface area contributed by atoms with Crippen molar-refractivity contribution in [3.05, 3.63) is 64.1 Å². The molecule has 0 bridgehead atoms. The minimum Gasteiger partial charge on any atom is -0.284 e. The number of halogens is 2. The van der Waals surface area contributed by atoms with Gasteiger partial charge in [-0.05, 0) is 24.5 Å². The molecule has 0 aliphatic carbocycles. The molecule has 0 saturated carbocycles. The van der Waals surface area contributed by atoms with Gasteiger partial charge in [-0.25, -0.2) is 8.78 Å². The fourth-order valence-electron chi connectivity index (χ4n) is 1.32. The zero-order chi connectivity index (χ0) is 14.2. The molecule has 0 atom stereocenters. The fraction of sp³-hybridized carbons (Fsp3) is 0.0833.